The van der Waals surface area contributed by atoms with E-state index in [2.05, 4.69) is 9.47 Å². The van der Waals surface area contributed by atoms with Crippen molar-refractivity contribution < 1.29 is 27.5 Å². The van der Waals surface area contributed by atoms with Gasteiger partial charge < -0.3 is 9.47 Å². The summed E-state index contributed by atoms with van der Waals surface area (Å²) in [5.41, 5.74) is 0. The molecule has 0 amide bonds. The largest absolute Gasteiger partial charge is 0.468 e. The van der Waals surface area contributed by atoms with E-state index in [0.29, 0.717) is 0 Å². The molecule has 0 aromatic rings. The van der Waals surface area contributed by atoms with Crippen molar-refractivity contribution in [2.24, 2.45) is 0 Å². The molecular weight excluding hydrogens is 262 g/mol. The van der Waals surface area contributed by atoms with Gasteiger partial charge in [0.2, 0.25) is 10.0 Å². The van der Waals surface area contributed by atoms with E-state index < -0.39 is 39.8 Å². The third-order valence-corrected chi connectivity index (χ3v) is 4.67. The van der Waals surface area contributed by atoms with Crippen LogP contribution in [0.2, 0.25) is 0 Å². The Morgan fingerprint density at radius 2 is 1.33 bits per heavy atom. The molecule has 0 rings (SSSR count). The molecule has 0 aromatic carbocycles. The number of ether oxygens (including phenoxy) is 2. The number of hydrogen-bond acceptors (Lipinski definition) is 6. The Bertz CT molecular complexity index is 391. The van der Waals surface area contributed by atoms with Crippen molar-refractivity contribution in [2.75, 3.05) is 27.3 Å². The van der Waals surface area contributed by atoms with Gasteiger partial charge in [-0.3, -0.25) is 9.59 Å². The lowest BCUT2D eigenvalue weighted by molar-refractivity contribution is -0.143. The van der Waals surface area contributed by atoms with Crippen molar-refractivity contribution in [1.82, 2.24) is 4.31 Å². The zero-order valence-electron chi connectivity index (χ0n) is 11.2. The van der Waals surface area contributed by atoms with Crippen LogP contribution in [0.4, 0.5) is 0 Å². The molecule has 0 aromatic heterocycles. The summed E-state index contributed by atoms with van der Waals surface area (Å²) in [5.74, 6) is -1.49. The van der Waals surface area contributed by atoms with Crippen molar-refractivity contribution in [3.8, 4) is 0 Å². The van der Waals surface area contributed by atoms with Gasteiger partial charge in [0, 0.05) is 0 Å². The number of hydrogen-bond donors (Lipinski definition) is 0. The van der Waals surface area contributed by atoms with Crippen LogP contribution in [0.3, 0.4) is 0 Å². The van der Waals surface area contributed by atoms with E-state index in [1.807, 2.05) is 0 Å². The molecule has 0 unspecified atom stereocenters. The summed E-state index contributed by atoms with van der Waals surface area (Å²) in [6, 6.07) is 0. The van der Waals surface area contributed by atoms with Crippen LogP contribution >= 0.6 is 0 Å². The van der Waals surface area contributed by atoms with Crippen molar-refractivity contribution in [3.05, 3.63) is 0 Å². The normalized spacial score (nSPS) is 12.3. The Morgan fingerprint density at radius 1 is 1.00 bits per heavy atom. The van der Waals surface area contributed by atoms with E-state index in [1.54, 1.807) is 0 Å². The van der Waals surface area contributed by atoms with Crippen molar-refractivity contribution in [1.29, 1.82) is 0 Å². The molecule has 8 heteroatoms. The Morgan fingerprint density at radius 3 is 1.56 bits per heavy atom. The van der Waals surface area contributed by atoms with Gasteiger partial charge in [-0.2, -0.15) is 4.31 Å². The molecule has 106 valence electrons. The molecule has 0 atom stereocenters. The minimum atomic E-state index is -3.82. The van der Waals surface area contributed by atoms with Crippen LogP contribution < -0.4 is 0 Å². The predicted molar refractivity (Wildman–Crippen MR) is 64.3 cm³/mol. The Balaban J connectivity index is 5.22. The molecular formula is C10H19NO6S. The summed E-state index contributed by atoms with van der Waals surface area (Å²) in [6.45, 7) is 3.38. The maximum absolute atomic E-state index is 12.2. The van der Waals surface area contributed by atoms with Gasteiger partial charge in [0.1, 0.15) is 13.1 Å². The molecule has 0 saturated heterocycles. The van der Waals surface area contributed by atoms with Gasteiger partial charge in [0.05, 0.1) is 19.0 Å². The number of methoxy groups -OCH3 is 2. The molecule has 0 radical (unpaired) electrons. The summed E-state index contributed by atoms with van der Waals surface area (Å²) in [5, 5.41) is 0. The zero-order chi connectivity index (χ0) is 14.6. The smallest absolute Gasteiger partial charge is 0.321 e. The second kappa shape index (κ2) is 6.14. The molecule has 7 nitrogen and oxygen atoms in total. The molecule has 0 bridgehead atoms. The van der Waals surface area contributed by atoms with Crippen molar-refractivity contribution in [3.63, 3.8) is 0 Å². The van der Waals surface area contributed by atoms with Gasteiger partial charge in [-0.25, -0.2) is 8.42 Å². The van der Waals surface area contributed by atoms with Crippen LogP contribution in [0.1, 0.15) is 20.8 Å². The molecule has 0 aliphatic rings. The van der Waals surface area contributed by atoms with E-state index >= 15 is 0 Å². The molecule has 0 saturated carbocycles. The summed E-state index contributed by atoms with van der Waals surface area (Å²) in [6.07, 6.45) is 0. The monoisotopic (exact) mass is 281 g/mol. The van der Waals surface area contributed by atoms with Crippen LogP contribution in [-0.4, -0.2) is 56.7 Å². The lowest BCUT2D eigenvalue weighted by Gasteiger charge is -2.28. The molecule has 0 N–H and O–H groups in total. The van der Waals surface area contributed by atoms with Crippen molar-refractivity contribution in [2.45, 2.75) is 25.5 Å². The fourth-order valence-electron chi connectivity index (χ4n) is 1.03. The second-order valence-electron chi connectivity index (χ2n) is 4.54. The van der Waals surface area contributed by atoms with Crippen LogP contribution in [0.5, 0.6) is 0 Å². The second-order valence-corrected chi connectivity index (χ2v) is 7.23. The van der Waals surface area contributed by atoms with Gasteiger partial charge in [-0.15, -0.1) is 0 Å². The highest BCUT2D eigenvalue weighted by Gasteiger charge is 2.37. The minimum absolute atomic E-state index is 0.523. The predicted octanol–water partition coefficient (Wildman–Crippen LogP) is -0.237. The van der Waals surface area contributed by atoms with Crippen LogP contribution in [-0.2, 0) is 29.1 Å². The van der Waals surface area contributed by atoms with E-state index in [0.717, 1.165) is 18.5 Å². The third-order valence-electron chi connectivity index (χ3n) is 2.18. The first-order chi connectivity index (χ1) is 8.06. The average Bonchev–Trinajstić information content (AvgIpc) is 2.25. The van der Waals surface area contributed by atoms with Crippen molar-refractivity contribution >= 4 is 22.0 Å². The fourth-order valence-corrected chi connectivity index (χ4v) is 2.36. The quantitative estimate of drug-likeness (QED) is 0.646. The van der Waals surface area contributed by atoms with Crippen LogP contribution in [0.25, 0.3) is 0 Å². The number of nitrogens with zero attached hydrogens (tertiary/aromatic N) is 1. The lowest BCUT2D eigenvalue weighted by atomic mass is 10.3. The van der Waals surface area contributed by atoms with E-state index in [4.69, 9.17) is 0 Å². The summed E-state index contributed by atoms with van der Waals surface area (Å²) in [7, 11) is -1.53. The number of esters is 2. The summed E-state index contributed by atoms with van der Waals surface area (Å²) < 4.78 is 32.8. The maximum atomic E-state index is 12.2. The zero-order valence-corrected chi connectivity index (χ0v) is 12.0. The highest BCUT2D eigenvalue weighted by atomic mass is 32.2. The average molecular weight is 281 g/mol. The molecule has 0 heterocycles. The molecule has 0 spiro atoms. The van der Waals surface area contributed by atoms with E-state index in [-0.39, 0.29) is 0 Å². The highest BCUT2D eigenvalue weighted by molar-refractivity contribution is 7.90. The first-order valence-corrected chi connectivity index (χ1v) is 6.63. The van der Waals surface area contributed by atoms with Gasteiger partial charge in [0.25, 0.3) is 0 Å². The fraction of sp³-hybridized carbons (Fsp3) is 0.800. The van der Waals surface area contributed by atoms with Gasteiger partial charge in [-0.1, -0.05) is 0 Å². The topological polar surface area (TPSA) is 90.0 Å². The van der Waals surface area contributed by atoms with E-state index in [1.165, 1.54) is 20.8 Å². The number of carbonyl (C=O) groups excluding carboxylic acids is 2. The minimum Gasteiger partial charge on any atom is -0.468 e. The van der Waals surface area contributed by atoms with Gasteiger partial charge >= 0.3 is 11.9 Å². The van der Waals surface area contributed by atoms with Gasteiger partial charge in [-0.05, 0) is 20.8 Å². The number of carbonyl (C=O) groups is 2. The Kier molecular flexibility index (Phi) is 5.75. The summed E-state index contributed by atoms with van der Waals surface area (Å²) >= 11 is 0. The summed E-state index contributed by atoms with van der Waals surface area (Å²) in [4.78, 5) is 22.4. The molecule has 0 fully saturated rings. The lowest BCUT2D eigenvalue weighted by Crippen LogP contribution is -2.47. The molecule has 0 aliphatic heterocycles. The Hall–Kier alpha value is -1.15. The highest BCUT2D eigenvalue weighted by Crippen LogP contribution is 2.20. The van der Waals surface area contributed by atoms with Gasteiger partial charge in [0.15, 0.2) is 0 Å². The maximum Gasteiger partial charge on any atom is 0.321 e. The third kappa shape index (κ3) is 4.26. The first-order valence-electron chi connectivity index (χ1n) is 5.19. The number of sulfonamides is 1. The van der Waals surface area contributed by atoms with Crippen LogP contribution in [0, 0.1) is 0 Å². The Labute approximate surface area is 107 Å². The number of rotatable bonds is 5. The van der Waals surface area contributed by atoms with E-state index in [9.17, 15) is 18.0 Å². The molecule has 0 aliphatic carbocycles. The first kappa shape index (κ1) is 16.9. The SMILES string of the molecule is COC(=O)CN(CC(=O)OC)S(=O)(=O)C(C)(C)C. The van der Waals surface area contributed by atoms with Crippen LogP contribution in [0.15, 0.2) is 0 Å². The standard InChI is InChI=1S/C10H19NO6S/c1-10(2,3)18(14,15)11(6-8(12)16-4)7-9(13)17-5/h6-7H2,1-5H3. The molecule has 18 heavy (non-hydrogen) atoms.